The molecule has 1 aliphatic carbocycles. The smallest absolute Gasteiger partial charge is 0.0732 e. The molecular weight excluding hydrogens is 249 g/mol. The highest BCUT2D eigenvalue weighted by molar-refractivity contribution is 14.1. The molecule has 2 rings (SSSR count). The molecule has 2 aliphatic rings. The molecule has 2 heteroatoms. The molecule has 2 fully saturated rings. The molecule has 0 unspecified atom stereocenters. The molecule has 0 atom stereocenters. The van der Waals surface area contributed by atoms with Gasteiger partial charge in [-0.05, 0) is 44.7 Å². The summed E-state index contributed by atoms with van der Waals surface area (Å²) in [4.78, 5) is 2.69. The van der Waals surface area contributed by atoms with E-state index in [0.717, 1.165) is 5.92 Å². The van der Waals surface area contributed by atoms with Gasteiger partial charge >= 0.3 is 0 Å². The summed E-state index contributed by atoms with van der Waals surface area (Å²) in [6.45, 7) is 5.08. The number of rotatable bonds is 1. The van der Waals surface area contributed by atoms with Crippen LogP contribution in [0.4, 0.5) is 0 Å². The molecule has 0 amide bonds. The molecule has 1 aliphatic heterocycles. The highest BCUT2D eigenvalue weighted by atomic mass is 127. The first-order valence-corrected chi connectivity index (χ1v) is 5.72. The predicted molar refractivity (Wildman–Crippen MR) is 56.0 cm³/mol. The zero-order valence-corrected chi connectivity index (χ0v) is 9.30. The molecule has 0 N–H and O–H groups in total. The second-order valence-corrected chi connectivity index (χ2v) is 6.10. The summed E-state index contributed by atoms with van der Waals surface area (Å²) in [7, 11) is 0. The van der Waals surface area contributed by atoms with Crippen molar-refractivity contribution in [2.24, 2.45) is 5.92 Å². The molecular formula is C9H16IN. The Labute approximate surface area is 82.7 Å². The third-order valence-electron chi connectivity index (χ3n) is 3.01. The van der Waals surface area contributed by atoms with E-state index in [1.807, 2.05) is 0 Å². The van der Waals surface area contributed by atoms with Crippen molar-refractivity contribution in [1.29, 1.82) is 0 Å². The minimum absolute atomic E-state index is 0.609. The molecule has 0 aromatic carbocycles. The van der Waals surface area contributed by atoms with E-state index in [1.54, 1.807) is 0 Å². The van der Waals surface area contributed by atoms with E-state index in [4.69, 9.17) is 0 Å². The first-order chi connectivity index (χ1) is 5.21. The summed E-state index contributed by atoms with van der Waals surface area (Å²) in [5, 5.41) is 0. The predicted octanol–water partition coefficient (Wildman–Crippen LogP) is 2.64. The van der Waals surface area contributed by atoms with Crippen molar-refractivity contribution in [1.82, 2.24) is 4.90 Å². The SMILES string of the molecule is CC1CCN(C2(I)CC2)CC1. The van der Waals surface area contributed by atoms with E-state index in [9.17, 15) is 0 Å². The third kappa shape index (κ3) is 1.72. The second kappa shape index (κ2) is 2.87. The van der Waals surface area contributed by atoms with E-state index >= 15 is 0 Å². The summed E-state index contributed by atoms with van der Waals surface area (Å²) in [6, 6.07) is 0. The van der Waals surface area contributed by atoms with Gasteiger partial charge in [0.25, 0.3) is 0 Å². The maximum absolute atomic E-state index is 2.69. The minimum Gasteiger partial charge on any atom is -0.289 e. The number of nitrogens with zero attached hydrogens (tertiary/aromatic N) is 1. The molecule has 11 heavy (non-hydrogen) atoms. The lowest BCUT2D eigenvalue weighted by Gasteiger charge is -2.34. The van der Waals surface area contributed by atoms with Crippen LogP contribution in [0, 0.1) is 5.92 Å². The summed E-state index contributed by atoms with van der Waals surface area (Å²) in [5.74, 6) is 0.977. The van der Waals surface area contributed by atoms with Crippen LogP contribution in [-0.2, 0) is 0 Å². The Kier molecular flexibility index (Phi) is 2.17. The fourth-order valence-corrected chi connectivity index (χ4v) is 2.58. The average molecular weight is 265 g/mol. The van der Waals surface area contributed by atoms with Crippen LogP contribution in [0.2, 0.25) is 0 Å². The van der Waals surface area contributed by atoms with E-state index in [0.29, 0.717) is 3.55 Å². The van der Waals surface area contributed by atoms with Gasteiger partial charge in [0.1, 0.15) is 0 Å². The number of hydrogen-bond donors (Lipinski definition) is 0. The zero-order valence-electron chi connectivity index (χ0n) is 7.15. The van der Waals surface area contributed by atoms with Crippen molar-refractivity contribution < 1.29 is 0 Å². The highest BCUT2D eigenvalue weighted by Crippen LogP contribution is 2.49. The Balaban J connectivity index is 1.87. The van der Waals surface area contributed by atoms with Gasteiger partial charge in [0, 0.05) is 0 Å². The Hall–Kier alpha value is 0.690. The summed E-state index contributed by atoms with van der Waals surface area (Å²) < 4.78 is 0.609. The van der Waals surface area contributed by atoms with Gasteiger partial charge in [-0.2, -0.15) is 0 Å². The Morgan fingerprint density at radius 1 is 1.27 bits per heavy atom. The minimum atomic E-state index is 0.609. The van der Waals surface area contributed by atoms with Gasteiger partial charge in [0.2, 0.25) is 0 Å². The van der Waals surface area contributed by atoms with Crippen molar-refractivity contribution in [2.75, 3.05) is 13.1 Å². The van der Waals surface area contributed by atoms with Crippen LogP contribution in [0.1, 0.15) is 32.6 Å². The van der Waals surface area contributed by atoms with E-state index in [-0.39, 0.29) is 0 Å². The summed E-state index contributed by atoms with van der Waals surface area (Å²) in [6.07, 6.45) is 5.71. The quantitative estimate of drug-likeness (QED) is 0.400. The van der Waals surface area contributed by atoms with Crippen molar-refractivity contribution >= 4 is 22.6 Å². The van der Waals surface area contributed by atoms with Gasteiger partial charge in [0.05, 0.1) is 3.55 Å². The monoisotopic (exact) mass is 265 g/mol. The fourth-order valence-electron chi connectivity index (χ4n) is 1.83. The molecule has 0 aromatic rings. The molecule has 0 spiro atoms. The fraction of sp³-hybridized carbons (Fsp3) is 1.00. The maximum atomic E-state index is 2.69. The van der Waals surface area contributed by atoms with Crippen LogP contribution in [0.5, 0.6) is 0 Å². The highest BCUT2D eigenvalue weighted by Gasteiger charge is 2.45. The number of alkyl halides is 1. The number of halogens is 1. The van der Waals surface area contributed by atoms with Crippen LogP contribution in [0.3, 0.4) is 0 Å². The third-order valence-corrected chi connectivity index (χ3v) is 4.77. The van der Waals surface area contributed by atoms with E-state index in [2.05, 4.69) is 34.4 Å². The maximum Gasteiger partial charge on any atom is 0.0732 e. The summed E-state index contributed by atoms with van der Waals surface area (Å²) >= 11 is 2.64. The molecule has 0 bridgehead atoms. The van der Waals surface area contributed by atoms with Gasteiger partial charge in [-0.15, -0.1) is 0 Å². The van der Waals surface area contributed by atoms with Crippen LogP contribution in [0.25, 0.3) is 0 Å². The van der Waals surface area contributed by atoms with Gasteiger partial charge < -0.3 is 0 Å². The Bertz CT molecular complexity index is 146. The molecule has 1 saturated heterocycles. The molecule has 64 valence electrons. The van der Waals surface area contributed by atoms with Crippen LogP contribution in [0.15, 0.2) is 0 Å². The first-order valence-electron chi connectivity index (χ1n) is 4.65. The lowest BCUT2D eigenvalue weighted by molar-refractivity contribution is 0.177. The second-order valence-electron chi connectivity index (χ2n) is 4.09. The topological polar surface area (TPSA) is 3.24 Å². The van der Waals surface area contributed by atoms with Crippen molar-refractivity contribution in [3.8, 4) is 0 Å². The zero-order chi connectivity index (χ0) is 7.90. The Morgan fingerprint density at radius 3 is 2.27 bits per heavy atom. The van der Waals surface area contributed by atoms with Crippen LogP contribution < -0.4 is 0 Å². The standard InChI is InChI=1S/C9H16IN/c1-8-2-6-11(7-3-8)9(10)4-5-9/h8H,2-7H2,1H3. The van der Waals surface area contributed by atoms with Crippen LogP contribution >= 0.6 is 22.6 Å². The van der Waals surface area contributed by atoms with Crippen molar-refractivity contribution in [2.45, 2.75) is 36.2 Å². The number of piperidine rings is 1. The van der Waals surface area contributed by atoms with Gasteiger partial charge in [-0.25, -0.2) is 0 Å². The van der Waals surface area contributed by atoms with Crippen molar-refractivity contribution in [3.05, 3.63) is 0 Å². The average Bonchev–Trinajstić information content (AvgIpc) is 2.70. The lowest BCUT2D eigenvalue weighted by atomic mass is 9.99. The van der Waals surface area contributed by atoms with E-state index in [1.165, 1.54) is 38.8 Å². The number of hydrogen-bond acceptors (Lipinski definition) is 1. The van der Waals surface area contributed by atoms with Crippen LogP contribution in [-0.4, -0.2) is 21.5 Å². The van der Waals surface area contributed by atoms with Gasteiger partial charge in [-0.3, -0.25) is 4.90 Å². The van der Waals surface area contributed by atoms with Gasteiger partial charge in [-0.1, -0.05) is 29.5 Å². The number of likely N-dealkylation sites (tertiary alicyclic amines) is 1. The molecule has 0 radical (unpaired) electrons. The molecule has 1 heterocycles. The molecule has 0 aromatic heterocycles. The largest absolute Gasteiger partial charge is 0.289 e. The van der Waals surface area contributed by atoms with Gasteiger partial charge in [0.15, 0.2) is 0 Å². The molecule has 1 nitrogen and oxygen atoms in total. The first kappa shape index (κ1) is 8.30. The lowest BCUT2D eigenvalue weighted by Crippen LogP contribution is -2.39. The van der Waals surface area contributed by atoms with E-state index < -0.39 is 0 Å². The summed E-state index contributed by atoms with van der Waals surface area (Å²) in [5.41, 5.74) is 0. The normalized spacial score (nSPS) is 32.2. The van der Waals surface area contributed by atoms with Crippen molar-refractivity contribution in [3.63, 3.8) is 0 Å². The Morgan fingerprint density at radius 2 is 1.82 bits per heavy atom. The molecule has 1 saturated carbocycles.